The average molecular weight is 419 g/mol. The molecular weight excluding hydrogens is 398 g/mol. The van der Waals surface area contributed by atoms with Gasteiger partial charge in [0.05, 0.1) is 19.2 Å². The molecule has 0 aliphatic rings. The normalized spacial score (nSPS) is 11.2. The number of ketones is 1. The summed E-state index contributed by atoms with van der Waals surface area (Å²) in [5.74, 6) is -3.03. The van der Waals surface area contributed by atoms with E-state index in [1.165, 1.54) is 10.6 Å². The minimum absolute atomic E-state index is 0.142. The van der Waals surface area contributed by atoms with Gasteiger partial charge in [0.15, 0.2) is 0 Å². The van der Waals surface area contributed by atoms with E-state index in [1.54, 1.807) is 25.4 Å². The van der Waals surface area contributed by atoms with Crippen molar-refractivity contribution in [2.75, 3.05) is 7.11 Å². The number of hydrogen-bond donors (Lipinski definition) is 2. The molecule has 1 heterocycles. The first-order valence-electron chi connectivity index (χ1n) is 9.46. The van der Waals surface area contributed by atoms with Crippen molar-refractivity contribution in [3.8, 4) is 5.75 Å². The Labute approximate surface area is 178 Å². The zero-order valence-electron chi connectivity index (χ0n) is 16.8. The number of rotatable bonds is 8. The fraction of sp³-hybridized carbons (Fsp3) is 0.125. The summed E-state index contributed by atoms with van der Waals surface area (Å²) in [5, 5.41) is 19.1. The number of aromatic nitrogens is 1. The lowest BCUT2D eigenvalue weighted by Crippen LogP contribution is -2.25. The molecule has 0 bridgehead atoms. The maximum Gasteiger partial charge on any atom is 0.376 e. The van der Waals surface area contributed by atoms with E-state index in [0.29, 0.717) is 18.2 Å². The monoisotopic (exact) mass is 419 g/mol. The van der Waals surface area contributed by atoms with Crippen LogP contribution in [-0.2, 0) is 22.6 Å². The molecule has 1 aromatic heterocycles. The molecule has 0 aliphatic carbocycles. The molecule has 7 nitrogen and oxygen atoms in total. The standard InChI is InChI=1S/C24H21NO6/c1-31-19-9-7-17(8-10-19)14-25-15-18(11-16-5-3-2-4-6-16)12-20(23(25)28)21(26)13-22(27)24(29)30/h2-10,12-13,15,26H,11,14H2,1H3,(H,29,30)/b21-13-. The smallest absolute Gasteiger partial charge is 0.376 e. The second-order valence-corrected chi connectivity index (χ2v) is 6.90. The number of pyridine rings is 1. The zero-order chi connectivity index (χ0) is 22.4. The van der Waals surface area contributed by atoms with Crippen LogP contribution < -0.4 is 10.3 Å². The Hall–Kier alpha value is -4.13. The van der Waals surface area contributed by atoms with E-state index in [-0.39, 0.29) is 12.1 Å². The Bertz CT molecular complexity index is 1180. The van der Waals surface area contributed by atoms with Crippen LogP contribution in [0.5, 0.6) is 5.75 Å². The van der Waals surface area contributed by atoms with Crippen LogP contribution >= 0.6 is 0 Å². The van der Waals surface area contributed by atoms with E-state index in [4.69, 9.17) is 9.84 Å². The van der Waals surface area contributed by atoms with Gasteiger partial charge in [0.1, 0.15) is 11.5 Å². The quantitative estimate of drug-likeness (QED) is 0.330. The molecule has 0 spiro atoms. The van der Waals surface area contributed by atoms with Gasteiger partial charge in [-0.05, 0) is 41.3 Å². The predicted molar refractivity (Wildman–Crippen MR) is 115 cm³/mol. The highest BCUT2D eigenvalue weighted by Gasteiger charge is 2.16. The lowest BCUT2D eigenvalue weighted by atomic mass is 10.0. The second kappa shape index (κ2) is 9.58. The van der Waals surface area contributed by atoms with Crippen LogP contribution in [0.2, 0.25) is 0 Å². The van der Waals surface area contributed by atoms with Crippen LogP contribution in [0.4, 0.5) is 0 Å². The Kier molecular flexibility index (Phi) is 6.67. The molecule has 31 heavy (non-hydrogen) atoms. The van der Waals surface area contributed by atoms with Crippen LogP contribution in [0.25, 0.3) is 5.76 Å². The van der Waals surface area contributed by atoms with Crippen molar-refractivity contribution in [1.29, 1.82) is 0 Å². The minimum atomic E-state index is -1.72. The van der Waals surface area contributed by atoms with Crippen molar-refractivity contribution >= 4 is 17.5 Å². The highest BCUT2D eigenvalue weighted by atomic mass is 16.5. The Morgan fingerprint density at radius 2 is 1.65 bits per heavy atom. The third-order valence-electron chi connectivity index (χ3n) is 4.66. The number of nitrogens with zero attached hydrogens (tertiary/aromatic N) is 1. The number of carbonyl (C=O) groups excluding carboxylic acids is 1. The van der Waals surface area contributed by atoms with Crippen molar-refractivity contribution in [3.05, 3.63) is 106 Å². The number of carboxylic acids is 1. The van der Waals surface area contributed by atoms with E-state index in [0.717, 1.165) is 16.7 Å². The van der Waals surface area contributed by atoms with Gasteiger partial charge < -0.3 is 19.5 Å². The number of aliphatic hydroxyl groups is 1. The number of aliphatic hydroxyl groups excluding tert-OH is 1. The van der Waals surface area contributed by atoms with Crippen LogP contribution in [0.3, 0.4) is 0 Å². The SMILES string of the molecule is COc1ccc(Cn2cc(Cc3ccccc3)cc(/C(O)=C/C(=O)C(=O)O)c2=O)cc1. The maximum atomic E-state index is 13.0. The molecule has 7 heteroatoms. The molecule has 0 unspecified atom stereocenters. The molecule has 0 aliphatic heterocycles. The van der Waals surface area contributed by atoms with Crippen molar-refractivity contribution in [2.24, 2.45) is 0 Å². The average Bonchev–Trinajstić information content (AvgIpc) is 2.77. The van der Waals surface area contributed by atoms with Gasteiger partial charge in [-0.1, -0.05) is 42.5 Å². The topological polar surface area (TPSA) is 106 Å². The van der Waals surface area contributed by atoms with Gasteiger partial charge >= 0.3 is 5.97 Å². The molecule has 0 saturated heterocycles. The molecule has 0 atom stereocenters. The molecule has 0 fully saturated rings. The Balaban J connectivity index is 2.05. The first-order valence-corrected chi connectivity index (χ1v) is 9.46. The van der Waals surface area contributed by atoms with E-state index in [2.05, 4.69) is 0 Å². The molecule has 0 amide bonds. The van der Waals surface area contributed by atoms with Crippen molar-refractivity contribution < 1.29 is 24.5 Å². The number of carbonyl (C=O) groups is 2. The summed E-state index contributed by atoms with van der Waals surface area (Å²) < 4.78 is 6.57. The number of aliphatic carboxylic acids is 1. The highest BCUT2D eigenvalue weighted by Crippen LogP contribution is 2.16. The van der Waals surface area contributed by atoms with Gasteiger partial charge in [0, 0.05) is 12.3 Å². The van der Waals surface area contributed by atoms with Gasteiger partial charge in [-0.3, -0.25) is 9.59 Å². The highest BCUT2D eigenvalue weighted by molar-refractivity contribution is 6.38. The fourth-order valence-corrected chi connectivity index (χ4v) is 3.12. The molecule has 0 radical (unpaired) electrons. The first-order chi connectivity index (χ1) is 14.9. The maximum absolute atomic E-state index is 13.0. The minimum Gasteiger partial charge on any atom is -0.507 e. The van der Waals surface area contributed by atoms with E-state index in [9.17, 15) is 19.5 Å². The summed E-state index contributed by atoms with van der Waals surface area (Å²) in [6.07, 6.45) is 2.72. The van der Waals surface area contributed by atoms with Crippen LogP contribution in [0.15, 0.2) is 77.7 Å². The number of ether oxygens (including phenoxy) is 1. The summed E-state index contributed by atoms with van der Waals surface area (Å²) in [6.45, 7) is 0.221. The van der Waals surface area contributed by atoms with Gasteiger partial charge in [-0.15, -0.1) is 0 Å². The first kappa shape index (κ1) is 21.6. The molecular formula is C24H21NO6. The number of benzene rings is 2. The summed E-state index contributed by atoms with van der Waals surface area (Å²) >= 11 is 0. The number of methoxy groups -OCH3 is 1. The molecule has 2 aromatic carbocycles. The van der Waals surface area contributed by atoms with Crippen LogP contribution in [0, 0.1) is 0 Å². The Morgan fingerprint density at radius 1 is 0.968 bits per heavy atom. The summed E-state index contributed by atoms with van der Waals surface area (Å²) in [5.41, 5.74) is 1.86. The largest absolute Gasteiger partial charge is 0.507 e. The van der Waals surface area contributed by atoms with Crippen molar-refractivity contribution in [1.82, 2.24) is 4.57 Å². The predicted octanol–water partition coefficient (Wildman–Crippen LogP) is 3.05. The lowest BCUT2D eigenvalue weighted by Gasteiger charge is -2.12. The van der Waals surface area contributed by atoms with Crippen molar-refractivity contribution in [2.45, 2.75) is 13.0 Å². The number of hydrogen-bond acceptors (Lipinski definition) is 5. The number of carboxylic acid groups (broad SMARTS) is 1. The van der Waals surface area contributed by atoms with Gasteiger partial charge in [0.2, 0.25) is 0 Å². The summed E-state index contributed by atoms with van der Waals surface area (Å²) in [6, 6.07) is 18.2. The fourth-order valence-electron chi connectivity index (χ4n) is 3.12. The third kappa shape index (κ3) is 5.48. The second-order valence-electron chi connectivity index (χ2n) is 6.90. The van der Waals surface area contributed by atoms with E-state index in [1.807, 2.05) is 42.5 Å². The van der Waals surface area contributed by atoms with Crippen LogP contribution in [-0.4, -0.2) is 33.6 Å². The van der Waals surface area contributed by atoms with E-state index >= 15 is 0 Å². The van der Waals surface area contributed by atoms with E-state index < -0.39 is 23.1 Å². The molecule has 2 N–H and O–H groups in total. The molecule has 158 valence electrons. The molecule has 0 saturated carbocycles. The lowest BCUT2D eigenvalue weighted by molar-refractivity contribution is -0.146. The van der Waals surface area contributed by atoms with Gasteiger partial charge in [-0.25, -0.2) is 4.79 Å². The van der Waals surface area contributed by atoms with Crippen molar-refractivity contribution in [3.63, 3.8) is 0 Å². The Morgan fingerprint density at radius 3 is 2.26 bits per heavy atom. The van der Waals surface area contributed by atoms with Gasteiger partial charge in [-0.2, -0.15) is 0 Å². The third-order valence-corrected chi connectivity index (χ3v) is 4.66. The summed E-state index contributed by atoms with van der Waals surface area (Å²) in [7, 11) is 1.56. The molecule has 3 aromatic rings. The molecule has 3 rings (SSSR count). The summed E-state index contributed by atoms with van der Waals surface area (Å²) in [4.78, 5) is 35.3. The zero-order valence-corrected chi connectivity index (χ0v) is 16.8. The van der Waals surface area contributed by atoms with Gasteiger partial charge in [0.25, 0.3) is 11.3 Å². The van der Waals surface area contributed by atoms with Crippen LogP contribution in [0.1, 0.15) is 22.3 Å².